The van der Waals surface area contributed by atoms with Gasteiger partial charge in [0.05, 0.1) is 36.4 Å². The lowest BCUT2D eigenvalue weighted by atomic mass is 9.90. The normalized spacial score (nSPS) is 20.8. The fourth-order valence-electron chi connectivity index (χ4n) is 4.78. The van der Waals surface area contributed by atoms with E-state index in [1.807, 2.05) is 0 Å². The van der Waals surface area contributed by atoms with Crippen LogP contribution in [-0.4, -0.2) is 42.0 Å². The second-order valence-electron chi connectivity index (χ2n) is 8.21. The Hall–Kier alpha value is -3.06. The molecule has 2 aromatic carbocycles. The fourth-order valence-corrected chi connectivity index (χ4v) is 5.01. The number of nitrogens with zero attached hydrogens (tertiary/aromatic N) is 1. The minimum atomic E-state index is -1.05. The van der Waals surface area contributed by atoms with Gasteiger partial charge in [0.15, 0.2) is 0 Å². The highest BCUT2D eigenvalue weighted by Gasteiger charge is 2.49. The number of methoxy groups -OCH3 is 2. The van der Waals surface area contributed by atoms with Gasteiger partial charge in [-0.3, -0.25) is 9.59 Å². The maximum absolute atomic E-state index is 15.0. The number of benzene rings is 2. The number of amides is 1. The SMILES string of the molecule is COc1cc(/C(O)=C2\C(=O)C(=O)N(C3CCCCC3)C2c2ccccc2F)c(OC)cc1Cl. The number of hydrogen-bond donors (Lipinski definition) is 1. The zero-order chi connectivity index (χ0) is 23.7. The zero-order valence-corrected chi connectivity index (χ0v) is 19.2. The first kappa shape index (κ1) is 23.1. The molecule has 2 fully saturated rings. The summed E-state index contributed by atoms with van der Waals surface area (Å²) < 4.78 is 25.6. The Balaban J connectivity index is 1.95. The molecule has 0 radical (unpaired) electrons. The Kier molecular flexibility index (Phi) is 6.61. The molecule has 2 aliphatic rings. The van der Waals surface area contributed by atoms with E-state index < -0.39 is 29.3 Å². The highest BCUT2D eigenvalue weighted by atomic mass is 35.5. The molecule has 174 valence electrons. The molecule has 33 heavy (non-hydrogen) atoms. The maximum atomic E-state index is 15.0. The smallest absolute Gasteiger partial charge is 0.295 e. The standard InChI is InChI=1S/C25H25ClFNO5/c1-32-19-13-17(26)20(33-2)12-16(19)23(29)21-22(15-10-6-7-11-18(15)27)28(25(31)24(21)30)14-8-4-3-5-9-14/h6-7,10-14,22,29H,3-5,8-9H2,1-2H3/b23-21+. The molecule has 1 saturated carbocycles. The van der Waals surface area contributed by atoms with Crippen LogP contribution in [0.25, 0.3) is 5.76 Å². The molecule has 1 N–H and O–H groups in total. The molecule has 8 heteroatoms. The number of ketones is 1. The summed E-state index contributed by atoms with van der Waals surface area (Å²) in [6, 6.07) is 7.61. The molecule has 0 aromatic heterocycles. The quantitative estimate of drug-likeness (QED) is 0.364. The molecule has 1 heterocycles. The number of rotatable bonds is 5. The van der Waals surface area contributed by atoms with E-state index in [0.29, 0.717) is 0 Å². The number of ether oxygens (including phenoxy) is 2. The first-order chi connectivity index (χ1) is 15.9. The summed E-state index contributed by atoms with van der Waals surface area (Å²) in [5.41, 5.74) is 0.101. The average Bonchev–Trinajstić information content (AvgIpc) is 3.09. The molecule has 1 saturated heterocycles. The number of Topliss-reactive ketones (excluding diaryl/α,β-unsaturated/α-hetero) is 1. The molecule has 1 aliphatic heterocycles. The largest absolute Gasteiger partial charge is 0.507 e. The van der Waals surface area contributed by atoms with E-state index in [9.17, 15) is 19.1 Å². The number of likely N-dealkylation sites (tertiary alicyclic amines) is 1. The molecule has 1 atom stereocenters. The van der Waals surface area contributed by atoms with Crippen LogP contribution in [-0.2, 0) is 9.59 Å². The minimum absolute atomic E-state index is 0.127. The molecule has 2 aromatic rings. The fraction of sp³-hybridized carbons (Fsp3) is 0.360. The first-order valence-corrected chi connectivity index (χ1v) is 11.2. The first-order valence-electron chi connectivity index (χ1n) is 10.9. The van der Waals surface area contributed by atoms with Crippen molar-refractivity contribution in [3.05, 3.63) is 63.9 Å². The number of carbonyl (C=O) groups excluding carboxylic acids is 2. The number of aliphatic hydroxyl groups excluding tert-OH is 1. The van der Waals surface area contributed by atoms with Gasteiger partial charge in [-0.1, -0.05) is 49.1 Å². The maximum Gasteiger partial charge on any atom is 0.295 e. The highest BCUT2D eigenvalue weighted by Crippen LogP contribution is 2.45. The zero-order valence-electron chi connectivity index (χ0n) is 18.4. The van der Waals surface area contributed by atoms with Crippen molar-refractivity contribution in [3.63, 3.8) is 0 Å². The summed E-state index contributed by atoms with van der Waals surface area (Å²) in [5, 5.41) is 11.6. The van der Waals surface area contributed by atoms with Crippen molar-refractivity contribution in [2.24, 2.45) is 0 Å². The van der Waals surface area contributed by atoms with Gasteiger partial charge in [-0.05, 0) is 25.0 Å². The Bertz CT molecular complexity index is 1130. The minimum Gasteiger partial charge on any atom is -0.507 e. The van der Waals surface area contributed by atoms with Crippen LogP contribution in [0.15, 0.2) is 42.0 Å². The van der Waals surface area contributed by atoms with Gasteiger partial charge in [0.2, 0.25) is 0 Å². The number of halogens is 2. The summed E-state index contributed by atoms with van der Waals surface area (Å²) in [6.07, 6.45) is 4.32. The lowest BCUT2D eigenvalue weighted by molar-refractivity contribution is -0.141. The molecule has 1 aliphatic carbocycles. The van der Waals surface area contributed by atoms with Crippen LogP contribution in [0.3, 0.4) is 0 Å². The van der Waals surface area contributed by atoms with Gasteiger partial charge in [-0.15, -0.1) is 0 Å². The molecule has 0 bridgehead atoms. The molecule has 4 rings (SSSR count). The highest BCUT2D eigenvalue weighted by molar-refractivity contribution is 6.46. The van der Waals surface area contributed by atoms with Crippen LogP contribution in [0.2, 0.25) is 5.02 Å². The summed E-state index contributed by atoms with van der Waals surface area (Å²) in [5.74, 6) is -2.18. The summed E-state index contributed by atoms with van der Waals surface area (Å²) in [6.45, 7) is 0. The van der Waals surface area contributed by atoms with E-state index in [2.05, 4.69) is 0 Å². The molecule has 1 unspecified atom stereocenters. The second-order valence-corrected chi connectivity index (χ2v) is 8.61. The third-order valence-corrected chi connectivity index (χ3v) is 6.67. The average molecular weight is 474 g/mol. The van der Waals surface area contributed by atoms with Crippen molar-refractivity contribution in [3.8, 4) is 11.5 Å². The van der Waals surface area contributed by atoms with Crippen LogP contribution in [0, 0.1) is 5.82 Å². The van der Waals surface area contributed by atoms with Crippen molar-refractivity contribution < 1.29 is 28.6 Å². The summed E-state index contributed by atoms with van der Waals surface area (Å²) >= 11 is 6.18. The van der Waals surface area contributed by atoms with Crippen LogP contribution in [0.1, 0.15) is 49.3 Å². The van der Waals surface area contributed by atoms with Crippen LogP contribution in [0.4, 0.5) is 4.39 Å². The molecular formula is C25H25ClFNO5. The van der Waals surface area contributed by atoms with Crippen LogP contribution in [0.5, 0.6) is 11.5 Å². The van der Waals surface area contributed by atoms with Crippen molar-refractivity contribution >= 4 is 29.1 Å². The lowest BCUT2D eigenvalue weighted by Crippen LogP contribution is -2.40. The second kappa shape index (κ2) is 9.43. The van der Waals surface area contributed by atoms with Crippen LogP contribution < -0.4 is 9.47 Å². The molecule has 6 nitrogen and oxygen atoms in total. The number of carbonyl (C=O) groups is 2. The molecular weight excluding hydrogens is 449 g/mol. The third kappa shape index (κ3) is 4.06. The van der Waals surface area contributed by atoms with Gasteiger partial charge >= 0.3 is 0 Å². The Morgan fingerprint density at radius 2 is 1.73 bits per heavy atom. The summed E-state index contributed by atoms with van der Waals surface area (Å²) in [4.78, 5) is 27.9. The summed E-state index contributed by atoms with van der Waals surface area (Å²) in [7, 11) is 2.81. The predicted octanol–water partition coefficient (Wildman–Crippen LogP) is 5.25. The number of hydrogen-bond acceptors (Lipinski definition) is 5. The van der Waals surface area contributed by atoms with Gasteiger partial charge in [0.1, 0.15) is 23.1 Å². The van der Waals surface area contributed by atoms with Gasteiger partial charge in [0.25, 0.3) is 11.7 Å². The van der Waals surface area contributed by atoms with Gasteiger partial charge in [0, 0.05) is 17.7 Å². The molecule has 0 spiro atoms. The Morgan fingerprint density at radius 3 is 2.36 bits per heavy atom. The van der Waals surface area contributed by atoms with Crippen molar-refractivity contribution in [1.29, 1.82) is 0 Å². The lowest BCUT2D eigenvalue weighted by Gasteiger charge is -2.35. The third-order valence-electron chi connectivity index (χ3n) is 6.38. The van der Waals surface area contributed by atoms with E-state index in [4.69, 9.17) is 21.1 Å². The van der Waals surface area contributed by atoms with Gasteiger partial charge < -0.3 is 19.5 Å². The van der Waals surface area contributed by atoms with E-state index in [1.165, 1.54) is 43.4 Å². The van der Waals surface area contributed by atoms with Gasteiger partial charge in [-0.2, -0.15) is 0 Å². The topological polar surface area (TPSA) is 76.1 Å². The van der Waals surface area contributed by atoms with E-state index in [-0.39, 0.29) is 39.3 Å². The van der Waals surface area contributed by atoms with Gasteiger partial charge in [-0.25, -0.2) is 4.39 Å². The Morgan fingerprint density at radius 1 is 1.06 bits per heavy atom. The Labute approximate surface area is 196 Å². The van der Waals surface area contributed by atoms with Crippen molar-refractivity contribution in [1.82, 2.24) is 4.90 Å². The van der Waals surface area contributed by atoms with Crippen molar-refractivity contribution in [2.45, 2.75) is 44.2 Å². The monoisotopic (exact) mass is 473 g/mol. The number of aliphatic hydroxyl groups is 1. The van der Waals surface area contributed by atoms with Crippen LogP contribution >= 0.6 is 11.6 Å². The van der Waals surface area contributed by atoms with E-state index >= 15 is 0 Å². The van der Waals surface area contributed by atoms with E-state index in [0.717, 1.165) is 32.1 Å². The van der Waals surface area contributed by atoms with Crippen molar-refractivity contribution in [2.75, 3.05) is 14.2 Å². The molecule has 1 amide bonds. The van der Waals surface area contributed by atoms with E-state index in [1.54, 1.807) is 12.1 Å². The predicted molar refractivity (Wildman–Crippen MR) is 122 cm³/mol.